The normalized spacial score (nSPS) is 14.7. The molecule has 0 aliphatic heterocycles. The lowest BCUT2D eigenvalue weighted by atomic mass is 10.0. The second-order valence-corrected chi connectivity index (χ2v) is 4.63. The van der Waals surface area contributed by atoms with Crippen molar-refractivity contribution in [1.82, 2.24) is 0 Å². The summed E-state index contributed by atoms with van der Waals surface area (Å²) < 4.78 is 10.9. The molecule has 1 aromatic carbocycles. The summed E-state index contributed by atoms with van der Waals surface area (Å²) in [5.74, 6) is 0.873. The highest BCUT2D eigenvalue weighted by atomic mass is 16.5. The van der Waals surface area contributed by atoms with Gasteiger partial charge in [-0.2, -0.15) is 0 Å². The first kappa shape index (κ1) is 14.0. The molecular weight excluding hydrogens is 214 g/mol. The largest absolute Gasteiger partial charge is 0.491 e. The monoisotopic (exact) mass is 237 g/mol. The lowest BCUT2D eigenvalue weighted by Gasteiger charge is -2.18. The second kappa shape index (κ2) is 6.62. The molecule has 0 radical (unpaired) electrons. The molecule has 17 heavy (non-hydrogen) atoms. The zero-order valence-electron chi connectivity index (χ0n) is 11.1. The van der Waals surface area contributed by atoms with Crippen molar-refractivity contribution in [2.75, 3.05) is 7.11 Å². The molecule has 0 aliphatic carbocycles. The highest BCUT2D eigenvalue weighted by molar-refractivity contribution is 5.30. The van der Waals surface area contributed by atoms with Crippen LogP contribution in [0, 0.1) is 0 Å². The van der Waals surface area contributed by atoms with Crippen molar-refractivity contribution in [1.29, 1.82) is 0 Å². The predicted molar refractivity (Wildman–Crippen MR) is 70.2 cm³/mol. The molecule has 2 atom stereocenters. The fourth-order valence-corrected chi connectivity index (χ4v) is 1.68. The van der Waals surface area contributed by atoms with E-state index in [1.54, 1.807) is 7.11 Å². The maximum absolute atomic E-state index is 6.14. The maximum atomic E-state index is 6.14. The van der Waals surface area contributed by atoms with Crippen molar-refractivity contribution in [3.63, 3.8) is 0 Å². The molecule has 0 spiro atoms. The SMILES string of the molecule is COC(C)CC(N)c1cccc(OC(C)C)c1. The molecule has 3 nitrogen and oxygen atoms in total. The highest BCUT2D eigenvalue weighted by Crippen LogP contribution is 2.22. The minimum absolute atomic E-state index is 0.0133. The van der Waals surface area contributed by atoms with Gasteiger partial charge in [-0.3, -0.25) is 0 Å². The van der Waals surface area contributed by atoms with Crippen molar-refractivity contribution in [2.45, 2.75) is 45.4 Å². The predicted octanol–water partition coefficient (Wildman–Crippen LogP) is 2.90. The van der Waals surface area contributed by atoms with Gasteiger partial charge >= 0.3 is 0 Å². The molecule has 0 saturated heterocycles. The van der Waals surface area contributed by atoms with E-state index in [-0.39, 0.29) is 18.2 Å². The summed E-state index contributed by atoms with van der Waals surface area (Å²) in [7, 11) is 1.70. The number of nitrogens with two attached hydrogens (primary N) is 1. The Morgan fingerprint density at radius 1 is 1.24 bits per heavy atom. The van der Waals surface area contributed by atoms with Crippen molar-refractivity contribution in [3.05, 3.63) is 29.8 Å². The van der Waals surface area contributed by atoms with E-state index in [9.17, 15) is 0 Å². The average molecular weight is 237 g/mol. The molecule has 0 aromatic heterocycles. The number of rotatable bonds is 6. The van der Waals surface area contributed by atoms with E-state index < -0.39 is 0 Å². The van der Waals surface area contributed by atoms with Crippen LogP contribution < -0.4 is 10.5 Å². The number of hydrogen-bond donors (Lipinski definition) is 1. The Morgan fingerprint density at radius 3 is 2.53 bits per heavy atom. The van der Waals surface area contributed by atoms with Gasteiger partial charge in [0.1, 0.15) is 5.75 Å². The van der Waals surface area contributed by atoms with Gasteiger partial charge in [0, 0.05) is 13.2 Å². The Labute approximate surface area is 104 Å². The Kier molecular flexibility index (Phi) is 5.45. The van der Waals surface area contributed by atoms with Gasteiger partial charge in [0.2, 0.25) is 0 Å². The zero-order chi connectivity index (χ0) is 12.8. The highest BCUT2D eigenvalue weighted by Gasteiger charge is 2.11. The van der Waals surface area contributed by atoms with Crippen LogP contribution >= 0.6 is 0 Å². The molecule has 1 aromatic rings. The van der Waals surface area contributed by atoms with Crippen molar-refractivity contribution >= 4 is 0 Å². The first-order valence-electron chi connectivity index (χ1n) is 6.08. The quantitative estimate of drug-likeness (QED) is 0.827. The zero-order valence-corrected chi connectivity index (χ0v) is 11.1. The van der Waals surface area contributed by atoms with E-state index in [0.717, 1.165) is 17.7 Å². The molecule has 0 amide bonds. The van der Waals surface area contributed by atoms with Crippen LogP contribution in [0.1, 0.15) is 38.8 Å². The Morgan fingerprint density at radius 2 is 1.94 bits per heavy atom. The summed E-state index contributed by atoms with van der Waals surface area (Å²) in [5, 5.41) is 0. The summed E-state index contributed by atoms with van der Waals surface area (Å²) in [6.07, 6.45) is 1.15. The van der Waals surface area contributed by atoms with E-state index in [2.05, 4.69) is 0 Å². The van der Waals surface area contributed by atoms with Gasteiger partial charge in [-0.15, -0.1) is 0 Å². The van der Waals surface area contributed by atoms with E-state index in [1.165, 1.54) is 0 Å². The minimum Gasteiger partial charge on any atom is -0.491 e. The molecule has 0 aliphatic rings. The minimum atomic E-state index is -0.0133. The van der Waals surface area contributed by atoms with Crippen LogP contribution in [0.3, 0.4) is 0 Å². The third-order valence-electron chi connectivity index (χ3n) is 2.65. The summed E-state index contributed by atoms with van der Waals surface area (Å²) in [6, 6.07) is 7.95. The van der Waals surface area contributed by atoms with Crippen LogP contribution in [0.4, 0.5) is 0 Å². The fraction of sp³-hybridized carbons (Fsp3) is 0.571. The molecule has 0 saturated carbocycles. The van der Waals surface area contributed by atoms with Crippen LogP contribution in [0.5, 0.6) is 5.75 Å². The molecule has 0 bridgehead atoms. The summed E-state index contributed by atoms with van der Waals surface area (Å²) in [4.78, 5) is 0. The molecule has 0 heterocycles. The molecule has 0 fully saturated rings. The van der Waals surface area contributed by atoms with Crippen molar-refractivity contribution in [3.8, 4) is 5.75 Å². The standard InChI is InChI=1S/C14H23NO2/c1-10(2)17-13-7-5-6-12(9-13)14(15)8-11(3)16-4/h5-7,9-11,14H,8,15H2,1-4H3. The van der Waals surface area contributed by atoms with E-state index in [4.69, 9.17) is 15.2 Å². The van der Waals surface area contributed by atoms with Gasteiger partial charge in [-0.1, -0.05) is 12.1 Å². The Bertz CT molecular complexity index is 339. The van der Waals surface area contributed by atoms with Crippen LogP contribution in [0.15, 0.2) is 24.3 Å². The van der Waals surface area contributed by atoms with E-state index in [0.29, 0.717) is 0 Å². The maximum Gasteiger partial charge on any atom is 0.120 e. The smallest absolute Gasteiger partial charge is 0.120 e. The Hall–Kier alpha value is -1.06. The number of hydrogen-bond acceptors (Lipinski definition) is 3. The van der Waals surface area contributed by atoms with Gasteiger partial charge in [0.25, 0.3) is 0 Å². The first-order valence-corrected chi connectivity index (χ1v) is 6.08. The fourth-order valence-electron chi connectivity index (χ4n) is 1.68. The molecule has 2 unspecified atom stereocenters. The van der Waals surface area contributed by atoms with Gasteiger partial charge < -0.3 is 15.2 Å². The Balaban J connectivity index is 2.70. The molecule has 1 rings (SSSR count). The van der Waals surface area contributed by atoms with Gasteiger partial charge in [0.15, 0.2) is 0 Å². The molecular formula is C14H23NO2. The van der Waals surface area contributed by atoms with Crippen molar-refractivity contribution < 1.29 is 9.47 Å². The molecule has 96 valence electrons. The van der Waals surface area contributed by atoms with Crippen LogP contribution in [-0.2, 0) is 4.74 Å². The van der Waals surface area contributed by atoms with Crippen LogP contribution in [0.2, 0.25) is 0 Å². The van der Waals surface area contributed by atoms with Gasteiger partial charge in [-0.25, -0.2) is 0 Å². The lowest BCUT2D eigenvalue weighted by Crippen LogP contribution is -2.18. The lowest BCUT2D eigenvalue weighted by molar-refractivity contribution is 0.104. The third-order valence-corrected chi connectivity index (χ3v) is 2.65. The van der Waals surface area contributed by atoms with Gasteiger partial charge in [0.05, 0.1) is 12.2 Å². The van der Waals surface area contributed by atoms with Gasteiger partial charge in [-0.05, 0) is 44.9 Å². The molecule has 2 N–H and O–H groups in total. The van der Waals surface area contributed by atoms with Crippen LogP contribution in [0.25, 0.3) is 0 Å². The second-order valence-electron chi connectivity index (χ2n) is 4.63. The number of methoxy groups -OCH3 is 1. The number of benzene rings is 1. The van der Waals surface area contributed by atoms with Crippen molar-refractivity contribution in [2.24, 2.45) is 5.73 Å². The average Bonchev–Trinajstić information content (AvgIpc) is 2.28. The summed E-state index contributed by atoms with van der Waals surface area (Å²) in [6.45, 7) is 6.05. The summed E-state index contributed by atoms with van der Waals surface area (Å²) >= 11 is 0. The first-order chi connectivity index (χ1) is 8.02. The van der Waals surface area contributed by atoms with Crippen LogP contribution in [-0.4, -0.2) is 19.3 Å². The van der Waals surface area contributed by atoms with E-state index >= 15 is 0 Å². The number of ether oxygens (including phenoxy) is 2. The topological polar surface area (TPSA) is 44.5 Å². The third kappa shape index (κ3) is 4.75. The van der Waals surface area contributed by atoms with E-state index in [1.807, 2.05) is 45.0 Å². The summed E-state index contributed by atoms with van der Waals surface area (Å²) in [5.41, 5.74) is 7.23. The molecule has 3 heteroatoms.